The summed E-state index contributed by atoms with van der Waals surface area (Å²) in [6, 6.07) is 16.6. The lowest BCUT2D eigenvalue weighted by atomic mass is 10.00. The molecule has 0 aromatic heterocycles. The van der Waals surface area contributed by atoms with Crippen molar-refractivity contribution in [2.75, 3.05) is 19.6 Å². The van der Waals surface area contributed by atoms with E-state index in [2.05, 4.69) is 40.5 Å². The summed E-state index contributed by atoms with van der Waals surface area (Å²) >= 11 is 0. The molecule has 2 aromatic rings. The van der Waals surface area contributed by atoms with E-state index in [4.69, 9.17) is 4.74 Å². The molecule has 124 valence electrons. The molecule has 2 aromatic carbocycles. The number of ether oxygens (including phenoxy) is 1. The Hall–Kier alpha value is -2.33. The van der Waals surface area contributed by atoms with Crippen LogP contribution >= 0.6 is 0 Å². The van der Waals surface area contributed by atoms with Gasteiger partial charge in [0.15, 0.2) is 0 Å². The molecule has 0 aliphatic carbocycles. The van der Waals surface area contributed by atoms with Crippen LogP contribution in [0.25, 0.3) is 0 Å². The normalized spacial score (nSPS) is 19.2. The average molecular weight is 322 g/mol. The molecule has 2 heterocycles. The second kappa shape index (κ2) is 6.65. The number of nitrogens with one attached hydrogen (secondary N) is 1. The van der Waals surface area contributed by atoms with Crippen LogP contribution in [-0.2, 0) is 24.2 Å². The van der Waals surface area contributed by atoms with Gasteiger partial charge >= 0.3 is 0 Å². The first-order chi connectivity index (χ1) is 11.8. The molecule has 4 nitrogen and oxygen atoms in total. The zero-order valence-electron chi connectivity index (χ0n) is 13.7. The number of para-hydroxylation sites is 1. The highest BCUT2D eigenvalue weighted by molar-refractivity contribution is 5.78. The second-order valence-corrected chi connectivity index (χ2v) is 6.59. The van der Waals surface area contributed by atoms with Crippen LogP contribution in [0, 0.1) is 0 Å². The van der Waals surface area contributed by atoms with Crippen LogP contribution in [0.4, 0.5) is 0 Å². The Morgan fingerprint density at radius 1 is 1.08 bits per heavy atom. The number of rotatable bonds is 4. The predicted molar refractivity (Wildman–Crippen MR) is 93.0 cm³/mol. The van der Waals surface area contributed by atoms with E-state index in [1.54, 1.807) is 0 Å². The van der Waals surface area contributed by atoms with Crippen molar-refractivity contribution < 1.29 is 9.53 Å². The van der Waals surface area contributed by atoms with Gasteiger partial charge in [-0.15, -0.1) is 0 Å². The van der Waals surface area contributed by atoms with Crippen LogP contribution in [0.5, 0.6) is 5.75 Å². The zero-order valence-corrected chi connectivity index (χ0v) is 13.7. The second-order valence-electron chi connectivity index (χ2n) is 6.59. The fourth-order valence-corrected chi connectivity index (χ4v) is 3.54. The highest BCUT2D eigenvalue weighted by Crippen LogP contribution is 2.27. The number of benzene rings is 2. The summed E-state index contributed by atoms with van der Waals surface area (Å²) in [5, 5.41) is 3.03. The molecule has 1 atom stereocenters. The van der Waals surface area contributed by atoms with Crippen molar-refractivity contribution in [3.05, 3.63) is 65.2 Å². The third kappa shape index (κ3) is 3.29. The van der Waals surface area contributed by atoms with Crippen molar-refractivity contribution in [2.45, 2.75) is 25.5 Å². The van der Waals surface area contributed by atoms with Crippen molar-refractivity contribution >= 4 is 5.91 Å². The number of hydrogen-bond donors (Lipinski definition) is 1. The van der Waals surface area contributed by atoms with Crippen molar-refractivity contribution in [3.8, 4) is 5.75 Å². The van der Waals surface area contributed by atoms with Gasteiger partial charge in [0, 0.05) is 19.5 Å². The van der Waals surface area contributed by atoms with E-state index < -0.39 is 0 Å². The molecule has 0 fully saturated rings. The average Bonchev–Trinajstić information content (AvgIpc) is 3.03. The highest BCUT2D eigenvalue weighted by Gasteiger charge is 2.23. The summed E-state index contributed by atoms with van der Waals surface area (Å²) in [5.41, 5.74) is 3.97. The predicted octanol–water partition coefficient (Wildman–Crippen LogP) is 2.16. The van der Waals surface area contributed by atoms with Gasteiger partial charge in [-0.25, -0.2) is 0 Å². The minimum absolute atomic E-state index is 0.0495. The SMILES string of the molecule is O=C(CN1CCc2ccccc2C1)NCC1Cc2ccccc2O1. The lowest BCUT2D eigenvalue weighted by Gasteiger charge is -2.28. The summed E-state index contributed by atoms with van der Waals surface area (Å²) in [7, 11) is 0. The lowest BCUT2D eigenvalue weighted by Crippen LogP contribution is -2.42. The van der Waals surface area contributed by atoms with Gasteiger partial charge in [-0.3, -0.25) is 9.69 Å². The van der Waals surface area contributed by atoms with Crippen LogP contribution in [0.1, 0.15) is 16.7 Å². The number of fused-ring (bicyclic) bond motifs is 2. The lowest BCUT2D eigenvalue weighted by molar-refractivity contribution is -0.122. The number of amides is 1. The molecule has 24 heavy (non-hydrogen) atoms. The van der Waals surface area contributed by atoms with Gasteiger partial charge in [0.05, 0.1) is 13.1 Å². The van der Waals surface area contributed by atoms with Crippen LogP contribution < -0.4 is 10.1 Å². The first kappa shape index (κ1) is 15.2. The van der Waals surface area contributed by atoms with E-state index in [0.717, 1.165) is 31.7 Å². The maximum atomic E-state index is 12.2. The Labute approximate surface area is 142 Å². The summed E-state index contributed by atoms with van der Waals surface area (Å²) in [6.45, 7) is 2.82. The fraction of sp³-hybridized carbons (Fsp3) is 0.350. The molecule has 0 saturated carbocycles. The quantitative estimate of drug-likeness (QED) is 0.938. The first-order valence-electron chi connectivity index (χ1n) is 8.58. The van der Waals surface area contributed by atoms with Gasteiger partial charge in [0.1, 0.15) is 11.9 Å². The van der Waals surface area contributed by atoms with Gasteiger partial charge in [0.25, 0.3) is 0 Å². The van der Waals surface area contributed by atoms with E-state index in [0.29, 0.717) is 13.1 Å². The molecule has 4 heteroatoms. The summed E-state index contributed by atoms with van der Waals surface area (Å²) in [5.74, 6) is 1.03. The van der Waals surface area contributed by atoms with E-state index in [-0.39, 0.29) is 12.0 Å². The van der Waals surface area contributed by atoms with Gasteiger partial charge in [-0.2, -0.15) is 0 Å². The van der Waals surface area contributed by atoms with Crippen LogP contribution in [0.15, 0.2) is 48.5 Å². The monoisotopic (exact) mass is 322 g/mol. The van der Waals surface area contributed by atoms with Crippen molar-refractivity contribution in [1.29, 1.82) is 0 Å². The van der Waals surface area contributed by atoms with Gasteiger partial charge in [-0.1, -0.05) is 42.5 Å². The number of carbonyl (C=O) groups is 1. The van der Waals surface area contributed by atoms with E-state index in [9.17, 15) is 4.79 Å². The van der Waals surface area contributed by atoms with Gasteiger partial charge in [0.2, 0.25) is 5.91 Å². The third-order valence-electron chi connectivity index (χ3n) is 4.82. The maximum absolute atomic E-state index is 12.2. The maximum Gasteiger partial charge on any atom is 0.234 e. The summed E-state index contributed by atoms with van der Waals surface area (Å²) in [4.78, 5) is 14.5. The molecule has 0 radical (unpaired) electrons. The number of carbonyl (C=O) groups excluding carboxylic acids is 1. The van der Waals surface area contributed by atoms with E-state index in [1.807, 2.05) is 18.2 Å². The van der Waals surface area contributed by atoms with Crippen molar-refractivity contribution in [2.24, 2.45) is 0 Å². The van der Waals surface area contributed by atoms with Gasteiger partial charge < -0.3 is 10.1 Å². The third-order valence-corrected chi connectivity index (χ3v) is 4.82. The molecule has 2 aliphatic heterocycles. The molecular weight excluding hydrogens is 300 g/mol. The topological polar surface area (TPSA) is 41.6 Å². The fourth-order valence-electron chi connectivity index (χ4n) is 3.54. The van der Waals surface area contributed by atoms with Crippen LogP contribution in [0.2, 0.25) is 0 Å². The van der Waals surface area contributed by atoms with Crippen LogP contribution in [0.3, 0.4) is 0 Å². The Kier molecular flexibility index (Phi) is 4.22. The largest absolute Gasteiger partial charge is 0.488 e. The van der Waals surface area contributed by atoms with Crippen molar-refractivity contribution in [1.82, 2.24) is 10.2 Å². The number of hydrogen-bond acceptors (Lipinski definition) is 3. The summed E-state index contributed by atoms with van der Waals surface area (Å²) < 4.78 is 5.87. The standard InChI is InChI=1S/C20H22N2O2/c23-20(14-22-10-9-15-5-1-2-7-17(15)13-22)21-12-18-11-16-6-3-4-8-19(16)24-18/h1-8,18H,9-14H2,(H,21,23). The molecule has 0 saturated heterocycles. The molecular formula is C20H22N2O2. The zero-order chi connectivity index (χ0) is 16.4. The van der Waals surface area contributed by atoms with E-state index >= 15 is 0 Å². The highest BCUT2D eigenvalue weighted by atomic mass is 16.5. The minimum atomic E-state index is 0.0495. The molecule has 4 rings (SSSR count). The summed E-state index contributed by atoms with van der Waals surface area (Å²) in [6.07, 6.45) is 1.94. The molecule has 0 spiro atoms. The van der Waals surface area contributed by atoms with E-state index in [1.165, 1.54) is 16.7 Å². The Balaban J connectivity index is 1.25. The minimum Gasteiger partial charge on any atom is -0.488 e. The molecule has 1 amide bonds. The Morgan fingerprint density at radius 2 is 1.83 bits per heavy atom. The molecule has 2 aliphatic rings. The molecule has 0 bridgehead atoms. The van der Waals surface area contributed by atoms with Crippen molar-refractivity contribution in [3.63, 3.8) is 0 Å². The molecule has 1 N–H and O–H groups in total. The van der Waals surface area contributed by atoms with Crippen LogP contribution in [-0.4, -0.2) is 36.5 Å². The Morgan fingerprint density at radius 3 is 2.67 bits per heavy atom. The Bertz CT molecular complexity index is 719. The smallest absolute Gasteiger partial charge is 0.234 e. The number of nitrogens with zero attached hydrogens (tertiary/aromatic N) is 1. The first-order valence-corrected chi connectivity index (χ1v) is 8.58. The molecule has 1 unspecified atom stereocenters. The van der Waals surface area contributed by atoms with Gasteiger partial charge in [-0.05, 0) is 29.2 Å².